The molecular formula is C25H39ClN6O2. The molecule has 0 saturated heterocycles. The number of amidine groups is 2. The second-order valence-corrected chi connectivity index (χ2v) is 7.84. The zero-order chi connectivity index (χ0) is 23.7. The number of hydrogen-bond donors (Lipinski definition) is 6. The van der Waals surface area contributed by atoms with E-state index in [1.54, 1.807) is 12.1 Å². The van der Waals surface area contributed by atoms with E-state index in [2.05, 4.69) is 10.6 Å². The molecule has 9 heteroatoms. The molecule has 0 heterocycles. The highest BCUT2D eigenvalue weighted by Crippen LogP contribution is 2.13. The minimum Gasteiger partial charge on any atom is -0.494 e. The van der Waals surface area contributed by atoms with E-state index in [0.29, 0.717) is 24.3 Å². The van der Waals surface area contributed by atoms with Gasteiger partial charge < -0.3 is 31.6 Å². The Kier molecular flexibility index (Phi) is 15.2. The molecule has 0 aliphatic carbocycles. The van der Waals surface area contributed by atoms with Gasteiger partial charge in [-0.3, -0.25) is 10.8 Å². The highest BCUT2D eigenvalue weighted by atomic mass is 35.5. The molecule has 0 radical (unpaired) electrons. The Labute approximate surface area is 209 Å². The molecule has 0 aromatic heterocycles. The first-order valence-electron chi connectivity index (χ1n) is 11.6. The maximum absolute atomic E-state index is 7.38. The third-order valence-corrected chi connectivity index (χ3v) is 5.09. The van der Waals surface area contributed by atoms with E-state index < -0.39 is 0 Å². The molecule has 0 unspecified atom stereocenters. The summed E-state index contributed by atoms with van der Waals surface area (Å²) < 4.78 is 11.4. The van der Waals surface area contributed by atoms with Crippen molar-refractivity contribution < 1.29 is 9.47 Å². The molecule has 0 fully saturated rings. The molecular weight excluding hydrogens is 452 g/mol. The molecule has 0 saturated carbocycles. The standard InChI is InChI=1S/C25H38N6O2.ClH/c26-24(27)20-6-10-22(11-7-20)32-18-4-2-1-3-14-30-16-17-31-15-5-19-33-23-12-8-21(9-13-23)25(28)29;/h6-13,30-31H,1-5,14-19H2,(H3,26,27)(H3,28,29);1H. The van der Waals surface area contributed by atoms with Crippen LogP contribution >= 0.6 is 12.4 Å². The second-order valence-electron chi connectivity index (χ2n) is 7.84. The predicted molar refractivity (Wildman–Crippen MR) is 142 cm³/mol. The summed E-state index contributed by atoms with van der Waals surface area (Å²) in [6, 6.07) is 14.6. The van der Waals surface area contributed by atoms with Crippen LogP contribution in [0.1, 0.15) is 43.2 Å². The maximum atomic E-state index is 7.38. The average Bonchev–Trinajstić information content (AvgIpc) is 2.82. The summed E-state index contributed by atoms with van der Waals surface area (Å²) >= 11 is 0. The summed E-state index contributed by atoms with van der Waals surface area (Å²) in [6.45, 7) is 5.24. The van der Waals surface area contributed by atoms with Crippen molar-refractivity contribution in [1.82, 2.24) is 10.6 Å². The molecule has 0 amide bonds. The summed E-state index contributed by atoms with van der Waals surface area (Å²) in [5.41, 5.74) is 12.3. The molecule has 34 heavy (non-hydrogen) atoms. The third kappa shape index (κ3) is 12.4. The first-order valence-corrected chi connectivity index (χ1v) is 11.6. The van der Waals surface area contributed by atoms with Gasteiger partial charge >= 0.3 is 0 Å². The Morgan fingerprint density at radius 1 is 0.588 bits per heavy atom. The van der Waals surface area contributed by atoms with Crippen LogP contribution in [0.25, 0.3) is 0 Å². The van der Waals surface area contributed by atoms with Crippen LogP contribution in [0.5, 0.6) is 11.5 Å². The van der Waals surface area contributed by atoms with Crippen molar-refractivity contribution in [3.8, 4) is 11.5 Å². The van der Waals surface area contributed by atoms with Crippen LogP contribution < -0.4 is 31.6 Å². The summed E-state index contributed by atoms with van der Waals surface area (Å²) in [4.78, 5) is 0. The lowest BCUT2D eigenvalue weighted by atomic mass is 10.2. The van der Waals surface area contributed by atoms with Crippen LogP contribution in [-0.4, -0.2) is 51.1 Å². The van der Waals surface area contributed by atoms with Gasteiger partial charge in [-0.2, -0.15) is 0 Å². The van der Waals surface area contributed by atoms with E-state index in [1.807, 2.05) is 36.4 Å². The summed E-state index contributed by atoms with van der Waals surface area (Å²) in [5.74, 6) is 1.77. The van der Waals surface area contributed by atoms with Gasteiger partial charge in [0.25, 0.3) is 0 Å². The Morgan fingerprint density at radius 3 is 1.47 bits per heavy atom. The first kappa shape index (κ1) is 29.2. The van der Waals surface area contributed by atoms with Gasteiger partial charge in [0.1, 0.15) is 23.2 Å². The van der Waals surface area contributed by atoms with Crippen molar-refractivity contribution in [2.45, 2.75) is 32.1 Å². The number of halogens is 1. The molecule has 8 nitrogen and oxygen atoms in total. The summed E-state index contributed by atoms with van der Waals surface area (Å²) in [7, 11) is 0. The number of nitrogens with two attached hydrogens (primary N) is 2. The van der Waals surface area contributed by atoms with Gasteiger partial charge in [0, 0.05) is 24.2 Å². The molecule has 0 atom stereocenters. The van der Waals surface area contributed by atoms with Crippen molar-refractivity contribution in [2.75, 3.05) is 39.4 Å². The Hall–Kier alpha value is -2.81. The van der Waals surface area contributed by atoms with Crippen LogP contribution in [-0.2, 0) is 0 Å². The Bertz CT molecular complexity index is 761. The summed E-state index contributed by atoms with van der Waals surface area (Å²) in [5, 5.41) is 21.6. The SMILES string of the molecule is Cl.N=C(N)c1ccc(OCCCCCCNCCNCCCOc2ccc(C(=N)N)cc2)cc1. The molecule has 0 bridgehead atoms. The molecule has 2 rings (SSSR count). The fourth-order valence-electron chi connectivity index (χ4n) is 3.17. The van der Waals surface area contributed by atoms with Gasteiger partial charge in [0.2, 0.25) is 0 Å². The zero-order valence-corrected chi connectivity index (χ0v) is 20.6. The van der Waals surface area contributed by atoms with Crippen molar-refractivity contribution >= 4 is 24.1 Å². The third-order valence-electron chi connectivity index (χ3n) is 5.09. The molecule has 0 aliphatic heterocycles. The molecule has 2 aromatic rings. The smallest absolute Gasteiger partial charge is 0.122 e. The maximum Gasteiger partial charge on any atom is 0.122 e. The first-order chi connectivity index (χ1) is 16.1. The number of ether oxygens (including phenoxy) is 2. The highest BCUT2D eigenvalue weighted by molar-refractivity contribution is 5.95. The van der Waals surface area contributed by atoms with Gasteiger partial charge in [-0.25, -0.2) is 0 Å². The minimum absolute atomic E-state index is 0. The lowest BCUT2D eigenvalue weighted by Gasteiger charge is -2.09. The largest absolute Gasteiger partial charge is 0.494 e. The average molecular weight is 491 g/mol. The van der Waals surface area contributed by atoms with E-state index in [1.165, 1.54) is 12.8 Å². The van der Waals surface area contributed by atoms with E-state index in [9.17, 15) is 0 Å². The van der Waals surface area contributed by atoms with E-state index >= 15 is 0 Å². The van der Waals surface area contributed by atoms with Crippen molar-refractivity contribution in [3.05, 3.63) is 59.7 Å². The molecule has 0 spiro atoms. The van der Waals surface area contributed by atoms with Crippen LogP contribution in [0.2, 0.25) is 0 Å². The van der Waals surface area contributed by atoms with Gasteiger partial charge in [-0.1, -0.05) is 12.8 Å². The van der Waals surface area contributed by atoms with E-state index in [4.69, 9.17) is 31.8 Å². The van der Waals surface area contributed by atoms with Crippen molar-refractivity contribution in [1.29, 1.82) is 10.8 Å². The zero-order valence-electron chi connectivity index (χ0n) is 19.8. The van der Waals surface area contributed by atoms with Crippen molar-refractivity contribution in [2.24, 2.45) is 11.5 Å². The fraction of sp³-hybridized carbons (Fsp3) is 0.440. The number of nitrogen functional groups attached to an aromatic ring is 2. The second kappa shape index (κ2) is 17.6. The van der Waals surface area contributed by atoms with Gasteiger partial charge in [-0.05, 0) is 80.9 Å². The van der Waals surface area contributed by atoms with Crippen LogP contribution in [0, 0.1) is 10.8 Å². The quantitative estimate of drug-likeness (QED) is 0.107. The number of nitrogens with one attached hydrogen (secondary N) is 4. The van der Waals surface area contributed by atoms with Gasteiger partial charge in [0.05, 0.1) is 13.2 Å². The normalized spacial score (nSPS) is 10.4. The lowest BCUT2D eigenvalue weighted by molar-refractivity contribution is 0.304. The van der Waals surface area contributed by atoms with Gasteiger partial charge in [-0.15, -0.1) is 12.4 Å². The number of benzene rings is 2. The van der Waals surface area contributed by atoms with E-state index in [-0.39, 0.29) is 24.1 Å². The van der Waals surface area contributed by atoms with Crippen molar-refractivity contribution in [3.63, 3.8) is 0 Å². The fourth-order valence-corrected chi connectivity index (χ4v) is 3.17. The molecule has 188 valence electrons. The Balaban J connectivity index is 0.00000578. The van der Waals surface area contributed by atoms with E-state index in [0.717, 1.165) is 56.9 Å². The number of rotatable bonds is 18. The van der Waals surface area contributed by atoms with Crippen LogP contribution in [0.15, 0.2) is 48.5 Å². The topological polar surface area (TPSA) is 142 Å². The molecule has 2 aromatic carbocycles. The van der Waals surface area contributed by atoms with Crippen LogP contribution in [0.4, 0.5) is 0 Å². The molecule has 8 N–H and O–H groups in total. The molecule has 0 aliphatic rings. The Morgan fingerprint density at radius 2 is 1.00 bits per heavy atom. The van der Waals surface area contributed by atoms with Gasteiger partial charge in [0.15, 0.2) is 0 Å². The predicted octanol–water partition coefficient (Wildman–Crippen LogP) is 3.26. The monoisotopic (exact) mass is 490 g/mol. The highest BCUT2D eigenvalue weighted by Gasteiger charge is 1.99. The number of hydrogen-bond acceptors (Lipinski definition) is 6. The lowest BCUT2D eigenvalue weighted by Crippen LogP contribution is -2.29. The van der Waals surface area contributed by atoms with Crippen LogP contribution in [0.3, 0.4) is 0 Å². The summed E-state index contributed by atoms with van der Waals surface area (Å²) in [6.07, 6.45) is 5.50. The minimum atomic E-state index is 0. The number of unbranched alkanes of at least 4 members (excludes halogenated alkanes) is 3.